The molecule has 0 amide bonds. The van der Waals surface area contributed by atoms with Crippen molar-refractivity contribution in [2.24, 2.45) is 0 Å². The molecule has 0 N–H and O–H groups in total. The molecule has 0 aliphatic rings. The van der Waals surface area contributed by atoms with E-state index >= 15 is 0 Å². The van der Waals surface area contributed by atoms with Crippen molar-refractivity contribution in [3.05, 3.63) is 42.6 Å². The number of benzene rings is 1. The molecule has 0 aliphatic heterocycles. The van der Waals surface area contributed by atoms with Crippen LogP contribution in [0.5, 0.6) is 0 Å². The summed E-state index contributed by atoms with van der Waals surface area (Å²) in [6.45, 7) is 6.67. The Morgan fingerprint density at radius 3 is 2.92 bits per heavy atom. The Kier molecular flexibility index (Phi) is 1.89. The van der Waals surface area contributed by atoms with Crippen LogP contribution in [0.2, 0.25) is 0 Å². The second-order valence-electron chi connectivity index (χ2n) is 3.34. The quantitative estimate of drug-likeness (QED) is 0.637. The zero-order chi connectivity index (χ0) is 9.26. The number of aromatic nitrogens is 2. The smallest absolute Gasteiger partial charge is 0.0923 e. The van der Waals surface area contributed by atoms with Crippen molar-refractivity contribution in [2.45, 2.75) is 13.5 Å². The molecule has 1 aromatic heterocycles. The van der Waals surface area contributed by atoms with Gasteiger partial charge in [-0.2, -0.15) is 5.10 Å². The van der Waals surface area contributed by atoms with Crippen LogP contribution in [-0.2, 0) is 6.54 Å². The highest BCUT2D eigenvalue weighted by Crippen LogP contribution is 2.11. The van der Waals surface area contributed by atoms with Crippen molar-refractivity contribution >= 4 is 10.9 Å². The third-order valence-corrected chi connectivity index (χ3v) is 1.89. The van der Waals surface area contributed by atoms with Crippen molar-refractivity contribution in [3.8, 4) is 0 Å². The molecule has 0 saturated heterocycles. The van der Waals surface area contributed by atoms with Crippen LogP contribution in [0.1, 0.15) is 6.92 Å². The van der Waals surface area contributed by atoms with Crippen molar-refractivity contribution in [2.75, 3.05) is 0 Å². The molecule has 2 aromatic rings. The Balaban J connectivity index is 2.44. The van der Waals surface area contributed by atoms with E-state index in [4.69, 9.17) is 0 Å². The van der Waals surface area contributed by atoms with Gasteiger partial charge in [-0.25, -0.2) is 0 Å². The van der Waals surface area contributed by atoms with Crippen LogP contribution in [0.15, 0.2) is 42.6 Å². The summed E-state index contributed by atoms with van der Waals surface area (Å²) < 4.78 is 1.92. The Bertz CT molecular complexity index is 407. The molecule has 0 unspecified atom stereocenters. The SMILES string of the molecule is C=C(C)Cn1cc2ccccc2n1. The number of fused-ring (bicyclic) bond motifs is 1. The molecule has 66 valence electrons. The fourth-order valence-electron chi connectivity index (χ4n) is 1.37. The summed E-state index contributed by atoms with van der Waals surface area (Å²) in [5, 5.41) is 5.59. The fraction of sp³-hybridized carbons (Fsp3) is 0.182. The van der Waals surface area contributed by atoms with E-state index in [1.54, 1.807) is 0 Å². The van der Waals surface area contributed by atoms with Crippen molar-refractivity contribution in [1.82, 2.24) is 9.78 Å². The molecule has 2 heteroatoms. The van der Waals surface area contributed by atoms with E-state index in [1.807, 2.05) is 36.0 Å². The number of allylic oxidation sites excluding steroid dienone is 1. The van der Waals surface area contributed by atoms with E-state index in [0.717, 1.165) is 17.6 Å². The summed E-state index contributed by atoms with van der Waals surface area (Å²) in [6, 6.07) is 8.11. The van der Waals surface area contributed by atoms with Crippen molar-refractivity contribution in [1.29, 1.82) is 0 Å². The van der Waals surface area contributed by atoms with E-state index in [-0.39, 0.29) is 0 Å². The third-order valence-electron chi connectivity index (χ3n) is 1.89. The zero-order valence-electron chi connectivity index (χ0n) is 7.70. The molecule has 0 atom stereocenters. The van der Waals surface area contributed by atoms with Gasteiger partial charge in [0, 0.05) is 11.6 Å². The second kappa shape index (κ2) is 3.05. The first kappa shape index (κ1) is 8.05. The van der Waals surface area contributed by atoms with Crippen LogP contribution < -0.4 is 0 Å². The highest BCUT2D eigenvalue weighted by atomic mass is 15.3. The van der Waals surface area contributed by atoms with E-state index in [2.05, 4.69) is 17.7 Å². The average Bonchev–Trinajstić information content (AvgIpc) is 2.44. The highest BCUT2D eigenvalue weighted by molar-refractivity contribution is 5.77. The third kappa shape index (κ3) is 1.61. The van der Waals surface area contributed by atoms with Gasteiger partial charge in [0.15, 0.2) is 0 Å². The van der Waals surface area contributed by atoms with Crippen LogP contribution in [0.4, 0.5) is 0 Å². The number of hydrogen-bond donors (Lipinski definition) is 0. The van der Waals surface area contributed by atoms with Gasteiger partial charge in [0.25, 0.3) is 0 Å². The van der Waals surface area contributed by atoms with Gasteiger partial charge in [-0.15, -0.1) is 0 Å². The van der Waals surface area contributed by atoms with Crippen LogP contribution in [0, 0.1) is 0 Å². The van der Waals surface area contributed by atoms with Crippen LogP contribution in [0.3, 0.4) is 0 Å². The molecule has 0 spiro atoms. The minimum Gasteiger partial charge on any atom is -0.267 e. The molecule has 0 saturated carbocycles. The van der Waals surface area contributed by atoms with Crippen molar-refractivity contribution in [3.63, 3.8) is 0 Å². The first-order valence-corrected chi connectivity index (χ1v) is 4.32. The number of nitrogens with zero attached hydrogens (tertiary/aromatic N) is 2. The highest BCUT2D eigenvalue weighted by Gasteiger charge is 1.98. The lowest BCUT2D eigenvalue weighted by Crippen LogP contribution is -1.97. The molecule has 0 radical (unpaired) electrons. The summed E-state index contributed by atoms with van der Waals surface area (Å²) in [6.07, 6.45) is 2.05. The Hall–Kier alpha value is -1.57. The lowest BCUT2D eigenvalue weighted by molar-refractivity contribution is 0.687. The monoisotopic (exact) mass is 172 g/mol. The number of hydrogen-bond acceptors (Lipinski definition) is 1. The van der Waals surface area contributed by atoms with E-state index in [1.165, 1.54) is 5.39 Å². The van der Waals surface area contributed by atoms with Gasteiger partial charge in [0.05, 0.1) is 12.1 Å². The average molecular weight is 172 g/mol. The molecule has 0 fully saturated rings. The van der Waals surface area contributed by atoms with Crippen LogP contribution in [0.25, 0.3) is 10.9 Å². The minimum absolute atomic E-state index is 0.800. The first-order chi connectivity index (χ1) is 6.25. The molecule has 13 heavy (non-hydrogen) atoms. The second-order valence-corrected chi connectivity index (χ2v) is 3.34. The summed E-state index contributed by atoms with van der Waals surface area (Å²) in [7, 11) is 0. The van der Waals surface area contributed by atoms with Gasteiger partial charge < -0.3 is 0 Å². The summed E-state index contributed by atoms with van der Waals surface area (Å²) in [4.78, 5) is 0. The molecule has 0 bridgehead atoms. The normalized spacial score (nSPS) is 10.5. The Labute approximate surface area is 77.5 Å². The van der Waals surface area contributed by atoms with Crippen LogP contribution in [-0.4, -0.2) is 9.78 Å². The summed E-state index contributed by atoms with van der Waals surface area (Å²) >= 11 is 0. The van der Waals surface area contributed by atoms with E-state index < -0.39 is 0 Å². The van der Waals surface area contributed by atoms with Gasteiger partial charge in [-0.05, 0) is 13.0 Å². The predicted molar refractivity (Wildman–Crippen MR) is 54.5 cm³/mol. The fourth-order valence-corrected chi connectivity index (χ4v) is 1.37. The molecular formula is C11H12N2. The van der Waals surface area contributed by atoms with Gasteiger partial charge >= 0.3 is 0 Å². The van der Waals surface area contributed by atoms with Crippen molar-refractivity contribution < 1.29 is 0 Å². The summed E-state index contributed by atoms with van der Waals surface area (Å²) in [5.41, 5.74) is 2.16. The molecule has 2 nitrogen and oxygen atoms in total. The first-order valence-electron chi connectivity index (χ1n) is 4.32. The zero-order valence-corrected chi connectivity index (χ0v) is 7.70. The van der Waals surface area contributed by atoms with E-state index in [0.29, 0.717) is 0 Å². The standard InChI is InChI=1S/C11H12N2/c1-9(2)7-13-8-10-5-3-4-6-11(10)12-13/h3-6,8H,1,7H2,2H3. The topological polar surface area (TPSA) is 17.8 Å². The Morgan fingerprint density at radius 1 is 1.46 bits per heavy atom. The van der Waals surface area contributed by atoms with Gasteiger partial charge in [-0.3, -0.25) is 4.68 Å². The van der Waals surface area contributed by atoms with Gasteiger partial charge in [0.1, 0.15) is 0 Å². The van der Waals surface area contributed by atoms with Gasteiger partial charge in [0.2, 0.25) is 0 Å². The number of rotatable bonds is 2. The van der Waals surface area contributed by atoms with E-state index in [9.17, 15) is 0 Å². The lowest BCUT2D eigenvalue weighted by atomic mass is 10.3. The molecule has 1 heterocycles. The molecule has 1 aromatic carbocycles. The largest absolute Gasteiger partial charge is 0.267 e. The molecule has 2 rings (SSSR count). The Morgan fingerprint density at radius 2 is 2.23 bits per heavy atom. The van der Waals surface area contributed by atoms with Gasteiger partial charge in [-0.1, -0.05) is 30.4 Å². The maximum Gasteiger partial charge on any atom is 0.0923 e. The lowest BCUT2D eigenvalue weighted by Gasteiger charge is -1.97. The summed E-state index contributed by atoms with van der Waals surface area (Å²) in [5.74, 6) is 0. The molecule has 0 aliphatic carbocycles. The minimum atomic E-state index is 0.800. The predicted octanol–water partition coefficient (Wildman–Crippen LogP) is 2.61. The maximum atomic E-state index is 4.41. The maximum absolute atomic E-state index is 4.41. The molecular weight excluding hydrogens is 160 g/mol. The van der Waals surface area contributed by atoms with Crippen LogP contribution >= 0.6 is 0 Å².